The highest BCUT2D eigenvalue weighted by molar-refractivity contribution is 6.30. The van der Waals surface area contributed by atoms with E-state index in [9.17, 15) is 9.90 Å². The quantitative estimate of drug-likeness (QED) is 0.163. The van der Waals surface area contributed by atoms with Gasteiger partial charge in [0.15, 0.2) is 17.3 Å². The lowest BCUT2D eigenvalue weighted by Crippen LogP contribution is -2.09. The predicted molar refractivity (Wildman–Crippen MR) is 140 cm³/mol. The third kappa shape index (κ3) is 8.43. The van der Waals surface area contributed by atoms with Crippen molar-refractivity contribution in [3.63, 3.8) is 0 Å². The van der Waals surface area contributed by atoms with Gasteiger partial charge in [0.2, 0.25) is 0 Å². The molecule has 1 aromatic heterocycles. The number of benzene rings is 2. The smallest absolute Gasteiger partial charge is 0.163 e. The summed E-state index contributed by atoms with van der Waals surface area (Å²) >= 11 is 6.14. The Morgan fingerprint density at radius 1 is 0.946 bits per heavy atom. The van der Waals surface area contributed by atoms with Gasteiger partial charge in [0, 0.05) is 24.7 Å². The van der Waals surface area contributed by atoms with Gasteiger partial charge in [-0.2, -0.15) is 0 Å². The molecule has 0 bridgehead atoms. The molecule has 0 fully saturated rings. The van der Waals surface area contributed by atoms with Crippen molar-refractivity contribution in [2.24, 2.45) is 0 Å². The van der Waals surface area contributed by atoms with Crippen LogP contribution in [0.2, 0.25) is 5.15 Å². The number of pyridine rings is 1. The van der Waals surface area contributed by atoms with E-state index in [1.807, 2.05) is 24.3 Å². The molecule has 9 heteroatoms. The molecule has 0 saturated carbocycles. The van der Waals surface area contributed by atoms with Crippen molar-refractivity contribution in [2.45, 2.75) is 32.2 Å². The maximum Gasteiger partial charge on any atom is 0.163 e. The molecule has 2 aromatic carbocycles. The molecule has 0 saturated heterocycles. The summed E-state index contributed by atoms with van der Waals surface area (Å²) in [6.45, 7) is 1.50. The van der Waals surface area contributed by atoms with Crippen LogP contribution in [0.3, 0.4) is 0 Å². The average Bonchev–Trinajstić information content (AvgIpc) is 2.92. The number of nitrogens with zero attached hydrogens (tertiary/aromatic N) is 1. The minimum atomic E-state index is -0.916. The average molecular weight is 530 g/mol. The van der Waals surface area contributed by atoms with E-state index in [-0.39, 0.29) is 23.8 Å². The highest BCUT2D eigenvalue weighted by atomic mass is 35.5. The molecule has 3 rings (SSSR count). The van der Waals surface area contributed by atoms with Crippen LogP contribution in [0.25, 0.3) is 0 Å². The zero-order valence-corrected chi connectivity index (χ0v) is 22.0. The van der Waals surface area contributed by atoms with Crippen molar-refractivity contribution >= 4 is 17.4 Å². The van der Waals surface area contributed by atoms with Gasteiger partial charge in [0.25, 0.3) is 0 Å². The second kappa shape index (κ2) is 14.5. The molecule has 1 heterocycles. The van der Waals surface area contributed by atoms with E-state index in [1.165, 1.54) is 7.11 Å². The van der Waals surface area contributed by atoms with Crippen LogP contribution in [0.5, 0.6) is 17.2 Å². The van der Waals surface area contributed by atoms with E-state index >= 15 is 0 Å². The van der Waals surface area contributed by atoms with Crippen LogP contribution in [-0.2, 0) is 22.7 Å². The first-order valence-electron chi connectivity index (χ1n) is 11.8. The Balaban J connectivity index is 1.47. The number of aromatic nitrogens is 1. The van der Waals surface area contributed by atoms with Crippen LogP contribution in [0.15, 0.2) is 54.6 Å². The van der Waals surface area contributed by atoms with E-state index in [0.29, 0.717) is 49.2 Å². The number of aliphatic hydroxyl groups is 1. The lowest BCUT2D eigenvalue weighted by molar-refractivity contribution is 0.0878. The van der Waals surface area contributed by atoms with Gasteiger partial charge in [0.05, 0.1) is 45.8 Å². The minimum Gasteiger partial charge on any atom is -0.497 e. The molecule has 198 valence electrons. The molecule has 0 radical (unpaired) electrons. The number of methoxy groups -OCH3 is 3. The number of carbonyl (C=O) groups excluding carboxylic acids is 1. The predicted octanol–water partition coefficient (Wildman–Crippen LogP) is 5.19. The zero-order valence-electron chi connectivity index (χ0n) is 21.2. The Morgan fingerprint density at radius 2 is 1.73 bits per heavy atom. The van der Waals surface area contributed by atoms with Crippen molar-refractivity contribution in [2.75, 3.05) is 34.5 Å². The topological polar surface area (TPSA) is 96.3 Å². The van der Waals surface area contributed by atoms with E-state index in [2.05, 4.69) is 4.98 Å². The standard InChI is InChI=1S/C28H32ClNO7/c1-33-18-21-6-10-23(30-28(21)29)25(32)12-11-24(31)20-7-13-26(27(16-20)35-3)37-15-14-36-17-19-4-8-22(34-2)9-5-19/h4-10,13,16,25,32H,11-12,14-15,17-18H2,1-3H3. The van der Waals surface area contributed by atoms with Crippen LogP contribution < -0.4 is 14.2 Å². The third-order valence-electron chi connectivity index (χ3n) is 5.63. The maximum absolute atomic E-state index is 12.7. The summed E-state index contributed by atoms with van der Waals surface area (Å²) in [6.07, 6.45) is -0.582. The van der Waals surface area contributed by atoms with Crippen molar-refractivity contribution in [1.29, 1.82) is 0 Å². The molecule has 0 amide bonds. The largest absolute Gasteiger partial charge is 0.497 e. The molecular weight excluding hydrogens is 498 g/mol. The van der Waals surface area contributed by atoms with Crippen LogP contribution in [0.1, 0.15) is 46.1 Å². The number of hydrogen-bond donors (Lipinski definition) is 1. The first kappa shape index (κ1) is 28.4. The molecule has 37 heavy (non-hydrogen) atoms. The summed E-state index contributed by atoms with van der Waals surface area (Å²) in [4.78, 5) is 17.0. The monoisotopic (exact) mass is 529 g/mol. The molecule has 0 aliphatic carbocycles. The summed E-state index contributed by atoms with van der Waals surface area (Å²) in [5.74, 6) is 1.63. The van der Waals surface area contributed by atoms with E-state index < -0.39 is 6.10 Å². The fraction of sp³-hybridized carbons (Fsp3) is 0.357. The summed E-state index contributed by atoms with van der Waals surface area (Å²) in [6, 6.07) is 16.1. The molecule has 1 unspecified atom stereocenters. The van der Waals surface area contributed by atoms with Crippen molar-refractivity contribution in [3.8, 4) is 17.2 Å². The molecule has 1 atom stereocenters. The number of ketones is 1. The Bertz CT molecular complexity index is 1150. The van der Waals surface area contributed by atoms with Crippen LogP contribution in [0.4, 0.5) is 0 Å². The summed E-state index contributed by atoms with van der Waals surface area (Å²) < 4.78 is 27.1. The first-order valence-corrected chi connectivity index (χ1v) is 12.2. The van der Waals surface area contributed by atoms with Crippen LogP contribution in [0, 0.1) is 0 Å². The fourth-order valence-corrected chi connectivity index (χ4v) is 3.78. The van der Waals surface area contributed by atoms with Crippen LogP contribution in [-0.4, -0.2) is 50.4 Å². The fourth-order valence-electron chi connectivity index (χ4n) is 3.57. The highest BCUT2D eigenvalue weighted by Gasteiger charge is 2.16. The highest BCUT2D eigenvalue weighted by Crippen LogP contribution is 2.29. The lowest BCUT2D eigenvalue weighted by atomic mass is 10.0. The SMILES string of the molecule is COCc1ccc(C(O)CCC(=O)c2ccc(OCCOCc3ccc(OC)cc3)c(OC)c2)nc1Cl. The molecule has 0 spiro atoms. The summed E-state index contributed by atoms with van der Waals surface area (Å²) in [7, 11) is 4.71. The molecule has 1 N–H and O–H groups in total. The Morgan fingerprint density at radius 3 is 2.41 bits per heavy atom. The van der Waals surface area contributed by atoms with Gasteiger partial charge in [-0.05, 0) is 48.4 Å². The minimum absolute atomic E-state index is 0.128. The Kier molecular flexibility index (Phi) is 11.2. The zero-order chi connectivity index (χ0) is 26.6. The molecule has 3 aromatic rings. The van der Waals surface area contributed by atoms with Crippen LogP contribution >= 0.6 is 11.6 Å². The number of ether oxygens (including phenoxy) is 5. The molecule has 0 aliphatic heterocycles. The first-order chi connectivity index (χ1) is 17.9. The Hall–Kier alpha value is -3.17. The lowest BCUT2D eigenvalue weighted by Gasteiger charge is -2.13. The van der Waals surface area contributed by atoms with Gasteiger partial charge in [0.1, 0.15) is 17.5 Å². The number of hydrogen-bond acceptors (Lipinski definition) is 8. The van der Waals surface area contributed by atoms with Crippen molar-refractivity contribution < 1.29 is 33.6 Å². The van der Waals surface area contributed by atoms with Gasteiger partial charge >= 0.3 is 0 Å². The number of rotatable bonds is 15. The number of carbonyl (C=O) groups is 1. The number of aliphatic hydroxyl groups excluding tert-OH is 1. The number of halogens is 1. The van der Waals surface area contributed by atoms with E-state index in [1.54, 1.807) is 44.6 Å². The van der Waals surface area contributed by atoms with Gasteiger partial charge in [-0.25, -0.2) is 4.98 Å². The van der Waals surface area contributed by atoms with Crippen molar-refractivity contribution in [1.82, 2.24) is 4.98 Å². The van der Waals surface area contributed by atoms with Gasteiger partial charge < -0.3 is 28.8 Å². The summed E-state index contributed by atoms with van der Waals surface area (Å²) in [5, 5.41) is 10.8. The second-order valence-corrected chi connectivity index (χ2v) is 8.57. The Labute approximate surface area is 222 Å². The van der Waals surface area contributed by atoms with Crippen molar-refractivity contribution in [3.05, 3.63) is 82.1 Å². The number of Topliss-reactive ketones (excluding diaryl/α,β-unsaturated/α-hetero) is 1. The third-order valence-corrected chi connectivity index (χ3v) is 5.96. The molecular formula is C28H32ClNO7. The van der Waals surface area contributed by atoms with Gasteiger partial charge in [-0.1, -0.05) is 29.8 Å². The second-order valence-electron chi connectivity index (χ2n) is 8.21. The molecule has 8 nitrogen and oxygen atoms in total. The van der Waals surface area contributed by atoms with E-state index in [4.69, 9.17) is 35.3 Å². The summed E-state index contributed by atoms with van der Waals surface area (Å²) in [5.41, 5.74) is 2.64. The maximum atomic E-state index is 12.7. The normalized spacial score (nSPS) is 11.7. The van der Waals surface area contributed by atoms with E-state index in [0.717, 1.165) is 16.9 Å². The van der Waals surface area contributed by atoms with Gasteiger partial charge in [-0.3, -0.25) is 4.79 Å². The molecule has 0 aliphatic rings. The van der Waals surface area contributed by atoms with Gasteiger partial charge in [-0.15, -0.1) is 0 Å².